The fourth-order valence-electron chi connectivity index (χ4n) is 2.60. The monoisotopic (exact) mass is 361 g/mol. The van der Waals surface area contributed by atoms with E-state index in [1.165, 1.54) is 6.92 Å². The van der Waals surface area contributed by atoms with Crippen LogP contribution in [0.4, 0.5) is 5.69 Å². The zero-order valence-electron chi connectivity index (χ0n) is 13.5. The number of amides is 1. The summed E-state index contributed by atoms with van der Waals surface area (Å²) in [7, 11) is -1.71. The van der Waals surface area contributed by atoms with E-state index in [4.69, 9.17) is 0 Å². The lowest BCUT2D eigenvalue weighted by Crippen LogP contribution is -2.34. The van der Waals surface area contributed by atoms with Crippen LogP contribution in [-0.4, -0.2) is 41.0 Å². The molecule has 0 unspecified atom stereocenters. The Balaban J connectivity index is 0.00000264. The number of hydrogen-bond donors (Lipinski definition) is 2. The summed E-state index contributed by atoms with van der Waals surface area (Å²) in [5.74, 6) is -0.0579. The van der Waals surface area contributed by atoms with Gasteiger partial charge in [-0.05, 0) is 50.6 Å². The molecule has 1 heterocycles. The van der Waals surface area contributed by atoms with Crippen LogP contribution in [0.1, 0.15) is 25.3 Å². The number of fused-ring (bicyclic) bond motifs is 1. The number of carbonyl (C=O) groups excluding carboxylic acids is 1. The number of hydrogen-bond acceptors (Lipinski definition) is 4. The summed E-state index contributed by atoms with van der Waals surface area (Å²) in [5, 5.41) is 2.97. The average Bonchev–Trinajstić information content (AvgIpc) is 2.50. The molecule has 0 aliphatic carbocycles. The van der Waals surface area contributed by atoms with Gasteiger partial charge in [-0.3, -0.25) is 4.79 Å². The van der Waals surface area contributed by atoms with E-state index in [2.05, 4.69) is 10.0 Å². The van der Waals surface area contributed by atoms with Crippen LogP contribution in [-0.2, 0) is 21.2 Å². The van der Waals surface area contributed by atoms with E-state index in [0.29, 0.717) is 13.1 Å². The second kappa shape index (κ2) is 8.63. The van der Waals surface area contributed by atoms with Crippen LogP contribution >= 0.6 is 12.4 Å². The van der Waals surface area contributed by atoms with E-state index in [0.717, 1.165) is 37.1 Å². The van der Waals surface area contributed by atoms with Gasteiger partial charge in [-0.15, -0.1) is 12.4 Å². The van der Waals surface area contributed by atoms with Crippen molar-refractivity contribution in [3.8, 4) is 0 Å². The standard InChI is InChI=1S/C15H23N3O3S.ClH/c1-12(19)18-10-3-5-13-6-7-14(11-15(13)18)22(20,21)17-9-4-8-16-2;/h6-7,11,16-17H,3-5,8-10H2,1-2H3;1H. The van der Waals surface area contributed by atoms with Crippen LogP contribution in [0.2, 0.25) is 0 Å². The molecule has 1 aromatic rings. The summed E-state index contributed by atoms with van der Waals surface area (Å²) in [6.45, 7) is 3.29. The van der Waals surface area contributed by atoms with Crippen molar-refractivity contribution in [2.75, 3.05) is 31.6 Å². The third kappa shape index (κ3) is 4.91. The van der Waals surface area contributed by atoms with Gasteiger partial charge in [-0.1, -0.05) is 6.07 Å². The first-order chi connectivity index (χ1) is 10.5. The van der Waals surface area contributed by atoms with Crippen LogP contribution in [0.15, 0.2) is 23.1 Å². The Bertz CT molecular complexity index is 649. The van der Waals surface area contributed by atoms with Crippen molar-refractivity contribution in [3.05, 3.63) is 23.8 Å². The van der Waals surface area contributed by atoms with Crippen molar-refractivity contribution in [2.45, 2.75) is 31.1 Å². The van der Waals surface area contributed by atoms with Gasteiger partial charge in [0, 0.05) is 25.7 Å². The van der Waals surface area contributed by atoms with Gasteiger partial charge in [0.25, 0.3) is 0 Å². The molecule has 0 radical (unpaired) electrons. The van der Waals surface area contributed by atoms with Crippen molar-refractivity contribution in [2.24, 2.45) is 0 Å². The maximum Gasteiger partial charge on any atom is 0.240 e. The first-order valence-electron chi connectivity index (χ1n) is 7.51. The van der Waals surface area contributed by atoms with Crippen LogP contribution in [0.5, 0.6) is 0 Å². The molecule has 0 spiro atoms. The summed E-state index contributed by atoms with van der Waals surface area (Å²) in [5.41, 5.74) is 1.74. The molecule has 0 fully saturated rings. The van der Waals surface area contributed by atoms with Gasteiger partial charge in [-0.2, -0.15) is 0 Å². The molecule has 2 N–H and O–H groups in total. The maximum absolute atomic E-state index is 12.3. The zero-order valence-corrected chi connectivity index (χ0v) is 15.1. The lowest BCUT2D eigenvalue weighted by molar-refractivity contribution is -0.116. The lowest BCUT2D eigenvalue weighted by atomic mass is 10.0. The number of carbonyl (C=O) groups is 1. The summed E-state index contributed by atoms with van der Waals surface area (Å²) >= 11 is 0. The molecular weight excluding hydrogens is 338 g/mol. The molecule has 0 aromatic heterocycles. The summed E-state index contributed by atoms with van der Waals surface area (Å²) in [6, 6.07) is 5.03. The predicted molar refractivity (Wildman–Crippen MR) is 93.8 cm³/mol. The SMILES string of the molecule is CNCCCNS(=O)(=O)c1ccc2c(c1)N(C(C)=O)CCC2.Cl. The van der Waals surface area contributed by atoms with Crippen LogP contribution < -0.4 is 14.9 Å². The number of anilines is 1. The van der Waals surface area contributed by atoms with Crippen molar-refractivity contribution in [3.63, 3.8) is 0 Å². The molecule has 1 aliphatic heterocycles. The molecule has 1 aliphatic rings. The highest BCUT2D eigenvalue weighted by Crippen LogP contribution is 2.29. The Hall–Kier alpha value is -1.15. The molecule has 8 heteroatoms. The van der Waals surface area contributed by atoms with Gasteiger partial charge < -0.3 is 10.2 Å². The first kappa shape index (κ1) is 19.9. The van der Waals surface area contributed by atoms with Crippen molar-refractivity contribution >= 4 is 34.0 Å². The Morgan fingerprint density at radius 3 is 2.70 bits per heavy atom. The van der Waals surface area contributed by atoms with Crippen LogP contribution in [0.3, 0.4) is 0 Å². The minimum Gasteiger partial charge on any atom is -0.320 e. The summed E-state index contributed by atoms with van der Waals surface area (Å²) < 4.78 is 27.2. The molecule has 23 heavy (non-hydrogen) atoms. The Kier molecular flexibility index (Phi) is 7.47. The molecule has 2 rings (SSSR count). The van der Waals surface area contributed by atoms with E-state index in [1.807, 2.05) is 13.1 Å². The molecule has 0 atom stereocenters. The van der Waals surface area contributed by atoms with Gasteiger partial charge in [0.1, 0.15) is 0 Å². The topological polar surface area (TPSA) is 78.5 Å². The fraction of sp³-hybridized carbons (Fsp3) is 0.533. The zero-order chi connectivity index (χ0) is 16.2. The van der Waals surface area contributed by atoms with E-state index in [9.17, 15) is 13.2 Å². The summed E-state index contributed by atoms with van der Waals surface area (Å²) in [4.78, 5) is 13.6. The van der Waals surface area contributed by atoms with E-state index in [1.54, 1.807) is 17.0 Å². The number of rotatable bonds is 6. The molecule has 0 bridgehead atoms. The number of sulfonamides is 1. The molecule has 1 amide bonds. The molecule has 0 saturated heterocycles. The number of nitrogens with zero attached hydrogens (tertiary/aromatic N) is 1. The molecular formula is C15H24ClN3O3S. The van der Waals surface area contributed by atoms with E-state index < -0.39 is 10.0 Å². The van der Waals surface area contributed by atoms with Gasteiger partial charge in [0.05, 0.1) is 4.90 Å². The highest BCUT2D eigenvalue weighted by atomic mass is 35.5. The molecule has 6 nitrogen and oxygen atoms in total. The normalized spacial score (nSPS) is 14.1. The Morgan fingerprint density at radius 1 is 1.30 bits per heavy atom. The number of aryl methyl sites for hydroxylation is 1. The number of nitrogens with one attached hydrogen (secondary N) is 2. The highest BCUT2D eigenvalue weighted by Gasteiger charge is 2.23. The fourth-order valence-corrected chi connectivity index (χ4v) is 3.70. The van der Waals surface area contributed by atoms with Crippen LogP contribution in [0.25, 0.3) is 0 Å². The van der Waals surface area contributed by atoms with Crippen molar-refractivity contribution < 1.29 is 13.2 Å². The molecule has 1 aromatic carbocycles. The van der Waals surface area contributed by atoms with E-state index >= 15 is 0 Å². The highest BCUT2D eigenvalue weighted by molar-refractivity contribution is 7.89. The van der Waals surface area contributed by atoms with Crippen molar-refractivity contribution in [1.82, 2.24) is 10.0 Å². The first-order valence-corrected chi connectivity index (χ1v) is 8.99. The van der Waals surface area contributed by atoms with E-state index in [-0.39, 0.29) is 23.2 Å². The predicted octanol–water partition coefficient (Wildman–Crippen LogP) is 1.30. The Morgan fingerprint density at radius 2 is 2.04 bits per heavy atom. The van der Waals surface area contributed by atoms with Gasteiger partial charge >= 0.3 is 0 Å². The largest absolute Gasteiger partial charge is 0.320 e. The summed E-state index contributed by atoms with van der Waals surface area (Å²) in [6.07, 6.45) is 2.50. The number of benzene rings is 1. The third-order valence-corrected chi connectivity index (χ3v) is 5.22. The second-order valence-electron chi connectivity index (χ2n) is 5.42. The molecule has 0 saturated carbocycles. The molecule has 130 valence electrons. The lowest BCUT2D eigenvalue weighted by Gasteiger charge is -2.29. The van der Waals surface area contributed by atoms with Crippen LogP contribution in [0, 0.1) is 0 Å². The Labute approximate surface area is 144 Å². The second-order valence-corrected chi connectivity index (χ2v) is 7.19. The minimum absolute atomic E-state index is 0. The van der Waals surface area contributed by atoms with Gasteiger partial charge in [0.15, 0.2) is 0 Å². The minimum atomic E-state index is -3.54. The number of halogens is 1. The smallest absolute Gasteiger partial charge is 0.240 e. The van der Waals surface area contributed by atoms with Gasteiger partial charge in [-0.25, -0.2) is 13.1 Å². The average molecular weight is 362 g/mol. The maximum atomic E-state index is 12.3. The van der Waals surface area contributed by atoms with Gasteiger partial charge in [0.2, 0.25) is 15.9 Å². The van der Waals surface area contributed by atoms with Crippen molar-refractivity contribution in [1.29, 1.82) is 0 Å². The quantitative estimate of drug-likeness (QED) is 0.748. The third-order valence-electron chi connectivity index (χ3n) is 3.76.